The van der Waals surface area contributed by atoms with Crippen LogP contribution in [0.5, 0.6) is 0 Å². The second-order valence-corrected chi connectivity index (χ2v) is 9.82. The molecule has 6 heteroatoms. The van der Waals surface area contributed by atoms with Crippen molar-refractivity contribution in [1.82, 2.24) is 20.1 Å². The molecule has 158 valence electrons. The van der Waals surface area contributed by atoms with Crippen LogP contribution in [0.1, 0.15) is 73.3 Å². The molecule has 1 amide bonds. The van der Waals surface area contributed by atoms with Crippen molar-refractivity contribution < 1.29 is 4.79 Å². The number of carbonyl (C=O) groups is 1. The summed E-state index contributed by atoms with van der Waals surface area (Å²) in [6, 6.07) is 3.81. The summed E-state index contributed by atoms with van der Waals surface area (Å²) in [7, 11) is 0. The number of hydrogen-bond acceptors (Lipinski definition) is 4. The fraction of sp³-hybridized carbons (Fsp3) is 0.739. The van der Waals surface area contributed by atoms with Crippen LogP contribution in [0.3, 0.4) is 0 Å². The molecule has 4 heterocycles. The Bertz CT molecular complexity index is 821. The summed E-state index contributed by atoms with van der Waals surface area (Å²) in [6.45, 7) is 5.84. The maximum Gasteiger partial charge on any atom is 0.263 e. The SMILES string of the molecule is O=C(NC1(CN2CCCC2)CCCCC1)c1ccc2n(c1=O)C[C@@H]1CNC[C@H]2C1. The Morgan fingerprint density at radius 3 is 2.69 bits per heavy atom. The minimum Gasteiger partial charge on any atom is -0.345 e. The molecular formula is C23H34N4O2. The van der Waals surface area contributed by atoms with Crippen LogP contribution in [-0.4, -0.2) is 53.6 Å². The lowest BCUT2D eigenvalue weighted by atomic mass is 9.81. The maximum absolute atomic E-state index is 13.3. The van der Waals surface area contributed by atoms with Crippen LogP contribution in [0.25, 0.3) is 0 Å². The highest BCUT2D eigenvalue weighted by Gasteiger charge is 2.37. The second-order valence-electron chi connectivity index (χ2n) is 9.82. The zero-order chi connectivity index (χ0) is 19.8. The first-order chi connectivity index (χ1) is 14.1. The first kappa shape index (κ1) is 19.3. The van der Waals surface area contributed by atoms with E-state index in [4.69, 9.17) is 0 Å². The molecule has 0 aromatic carbocycles. The standard InChI is InChI=1S/C23H34N4O2/c28-21(25-23(8-2-1-3-9-23)16-26-10-4-5-11-26)19-6-7-20-18-12-17(13-24-14-18)15-27(20)22(19)29/h6-7,17-18,24H,1-5,8-16H2,(H,25,28)/t17-,18+/m0/s1. The van der Waals surface area contributed by atoms with Crippen molar-refractivity contribution in [3.05, 3.63) is 33.7 Å². The number of fused-ring (bicyclic) bond motifs is 4. The van der Waals surface area contributed by atoms with E-state index >= 15 is 0 Å². The number of piperidine rings is 1. The van der Waals surface area contributed by atoms with E-state index in [-0.39, 0.29) is 17.0 Å². The van der Waals surface area contributed by atoms with E-state index in [0.29, 0.717) is 17.4 Å². The molecule has 2 N–H and O–H groups in total. The number of hydrogen-bond donors (Lipinski definition) is 2. The molecule has 1 saturated carbocycles. The second kappa shape index (κ2) is 7.88. The topological polar surface area (TPSA) is 66.4 Å². The third-order valence-corrected chi connectivity index (χ3v) is 7.67. The smallest absolute Gasteiger partial charge is 0.263 e. The van der Waals surface area contributed by atoms with Crippen molar-refractivity contribution in [3.63, 3.8) is 0 Å². The number of nitrogens with zero attached hydrogens (tertiary/aromatic N) is 2. The number of pyridine rings is 1. The Balaban J connectivity index is 1.39. The third-order valence-electron chi connectivity index (χ3n) is 7.67. The van der Waals surface area contributed by atoms with E-state index in [1.54, 1.807) is 6.07 Å². The fourth-order valence-corrected chi connectivity index (χ4v) is 6.19. The predicted molar refractivity (Wildman–Crippen MR) is 113 cm³/mol. The van der Waals surface area contributed by atoms with Crippen LogP contribution in [0.2, 0.25) is 0 Å². The van der Waals surface area contributed by atoms with Crippen molar-refractivity contribution in [1.29, 1.82) is 0 Å². The lowest BCUT2D eigenvalue weighted by molar-refractivity contribution is 0.0819. The van der Waals surface area contributed by atoms with Crippen LogP contribution < -0.4 is 16.2 Å². The number of carbonyl (C=O) groups excluding carboxylic acids is 1. The first-order valence-corrected chi connectivity index (χ1v) is 11.6. The molecule has 0 spiro atoms. The summed E-state index contributed by atoms with van der Waals surface area (Å²) in [5.41, 5.74) is 1.16. The summed E-state index contributed by atoms with van der Waals surface area (Å²) in [6.07, 6.45) is 9.28. The Hall–Kier alpha value is -1.66. The largest absolute Gasteiger partial charge is 0.345 e. The van der Waals surface area contributed by atoms with Crippen LogP contribution in [0, 0.1) is 5.92 Å². The van der Waals surface area contributed by atoms with E-state index in [9.17, 15) is 9.59 Å². The van der Waals surface area contributed by atoms with Gasteiger partial charge in [0.25, 0.3) is 11.5 Å². The molecule has 2 bridgehead atoms. The molecule has 2 saturated heterocycles. The zero-order valence-corrected chi connectivity index (χ0v) is 17.4. The molecule has 1 aromatic rings. The highest BCUT2D eigenvalue weighted by Crippen LogP contribution is 2.33. The van der Waals surface area contributed by atoms with Gasteiger partial charge in [0.15, 0.2) is 0 Å². The van der Waals surface area contributed by atoms with Gasteiger partial charge in [0.1, 0.15) is 5.56 Å². The van der Waals surface area contributed by atoms with E-state index < -0.39 is 0 Å². The monoisotopic (exact) mass is 398 g/mol. The van der Waals surface area contributed by atoms with Crippen molar-refractivity contribution in [2.24, 2.45) is 5.92 Å². The molecular weight excluding hydrogens is 364 g/mol. The minimum atomic E-state index is -0.174. The van der Waals surface area contributed by atoms with Gasteiger partial charge < -0.3 is 20.1 Å². The highest BCUT2D eigenvalue weighted by atomic mass is 16.2. The van der Waals surface area contributed by atoms with Gasteiger partial charge in [-0.1, -0.05) is 19.3 Å². The molecule has 0 radical (unpaired) electrons. The average molecular weight is 399 g/mol. The number of nitrogens with one attached hydrogen (secondary N) is 2. The zero-order valence-electron chi connectivity index (χ0n) is 17.4. The van der Waals surface area contributed by atoms with Gasteiger partial charge >= 0.3 is 0 Å². The van der Waals surface area contributed by atoms with Crippen LogP contribution in [-0.2, 0) is 6.54 Å². The molecule has 1 aromatic heterocycles. The van der Waals surface area contributed by atoms with Gasteiger partial charge in [-0.3, -0.25) is 9.59 Å². The number of likely N-dealkylation sites (tertiary alicyclic amines) is 1. The molecule has 3 fully saturated rings. The van der Waals surface area contributed by atoms with Crippen molar-refractivity contribution >= 4 is 5.91 Å². The normalized spacial score (nSPS) is 28.7. The molecule has 4 aliphatic rings. The Labute approximate surface area is 173 Å². The van der Waals surface area contributed by atoms with E-state index in [2.05, 4.69) is 15.5 Å². The molecule has 0 unspecified atom stereocenters. The van der Waals surface area contributed by atoms with E-state index in [0.717, 1.165) is 77.1 Å². The molecule has 3 aliphatic heterocycles. The number of aromatic nitrogens is 1. The summed E-state index contributed by atoms with van der Waals surface area (Å²) in [5.74, 6) is 0.726. The van der Waals surface area contributed by atoms with Crippen molar-refractivity contribution in [2.75, 3.05) is 32.7 Å². The van der Waals surface area contributed by atoms with Crippen molar-refractivity contribution in [2.45, 2.75) is 69.4 Å². The summed E-state index contributed by atoms with van der Waals surface area (Å²) < 4.78 is 1.89. The molecule has 29 heavy (non-hydrogen) atoms. The summed E-state index contributed by atoms with van der Waals surface area (Å²) in [5, 5.41) is 6.85. The third kappa shape index (κ3) is 3.77. The van der Waals surface area contributed by atoms with Gasteiger partial charge in [-0.2, -0.15) is 0 Å². The molecule has 5 rings (SSSR count). The number of amides is 1. The lowest BCUT2D eigenvalue weighted by Gasteiger charge is -2.41. The Morgan fingerprint density at radius 1 is 1.10 bits per heavy atom. The van der Waals surface area contributed by atoms with Crippen LogP contribution >= 0.6 is 0 Å². The van der Waals surface area contributed by atoms with Gasteiger partial charge in [0, 0.05) is 31.2 Å². The van der Waals surface area contributed by atoms with Gasteiger partial charge in [-0.25, -0.2) is 0 Å². The predicted octanol–water partition coefficient (Wildman–Crippen LogP) is 2.08. The van der Waals surface area contributed by atoms with Crippen molar-refractivity contribution in [3.8, 4) is 0 Å². The Morgan fingerprint density at radius 2 is 1.90 bits per heavy atom. The molecule has 1 aliphatic carbocycles. The molecule has 6 nitrogen and oxygen atoms in total. The number of rotatable bonds is 4. The Kier molecular flexibility index (Phi) is 5.25. The minimum absolute atomic E-state index is 0.0938. The maximum atomic E-state index is 13.3. The van der Waals surface area contributed by atoms with E-state index in [1.165, 1.54) is 19.3 Å². The van der Waals surface area contributed by atoms with Gasteiger partial charge in [0.2, 0.25) is 0 Å². The van der Waals surface area contributed by atoms with Gasteiger partial charge in [0.05, 0.1) is 5.54 Å². The summed E-state index contributed by atoms with van der Waals surface area (Å²) >= 11 is 0. The average Bonchev–Trinajstić information content (AvgIpc) is 3.22. The molecule has 2 atom stereocenters. The summed E-state index contributed by atoms with van der Waals surface area (Å²) in [4.78, 5) is 29.0. The van der Waals surface area contributed by atoms with Gasteiger partial charge in [-0.15, -0.1) is 0 Å². The highest BCUT2D eigenvalue weighted by molar-refractivity contribution is 5.94. The van der Waals surface area contributed by atoms with Crippen LogP contribution in [0.15, 0.2) is 16.9 Å². The first-order valence-electron chi connectivity index (χ1n) is 11.6. The quantitative estimate of drug-likeness (QED) is 0.815. The van der Waals surface area contributed by atoms with Gasteiger partial charge in [-0.05, 0) is 69.8 Å². The fourth-order valence-electron chi connectivity index (χ4n) is 6.19. The van der Waals surface area contributed by atoms with E-state index in [1.807, 2.05) is 10.6 Å². The lowest BCUT2D eigenvalue weighted by Crippen LogP contribution is -2.57. The van der Waals surface area contributed by atoms with Crippen LogP contribution in [0.4, 0.5) is 0 Å².